The van der Waals surface area contributed by atoms with E-state index in [-0.39, 0.29) is 0 Å². The Hall–Kier alpha value is -2.34. The van der Waals surface area contributed by atoms with E-state index < -0.39 is 0 Å². The molecule has 0 atom stereocenters. The van der Waals surface area contributed by atoms with Crippen LogP contribution in [0.1, 0.15) is 0 Å². The summed E-state index contributed by atoms with van der Waals surface area (Å²) in [5.41, 5.74) is 0. The average Bonchev–Trinajstić information content (AvgIpc) is 2.54. The zero-order valence-corrected chi connectivity index (χ0v) is 12.5. The SMILES string of the molecule is CNc1nc(OC)nc(Sc2ccc3ccccc3c2)n1. The third-order valence-corrected chi connectivity index (χ3v) is 3.79. The second-order valence-corrected chi connectivity index (χ2v) is 5.33. The van der Waals surface area contributed by atoms with Crippen LogP contribution in [-0.2, 0) is 0 Å². The highest BCUT2D eigenvalue weighted by Crippen LogP contribution is 2.29. The summed E-state index contributed by atoms with van der Waals surface area (Å²) < 4.78 is 5.09. The average molecular weight is 298 g/mol. The number of methoxy groups -OCH3 is 1. The van der Waals surface area contributed by atoms with Gasteiger partial charge >= 0.3 is 6.01 Å². The van der Waals surface area contributed by atoms with Gasteiger partial charge in [0.15, 0.2) is 0 Å². The van der Waals surface area contributed by atoms with E-state index in [1.165, 1.54) is 22.5 Å². The van der Waals surface area contributed by atoms with Gasteiger partial charge in [-0.3, -0.25) is 0 Å². The van der Waals surface area contributed by atoms with Gasteiger partial charge in [-0.1, -0.05) is 30.3 Å². The molecular weight excluding hydrogens is 284 g/mol. The molecule has 3 aromatic rings. The molecule has 1 aromatic heterocycles. The van der Waals surface area contributed by atoms with Gasteiger partial charge in [0.05, 0.1) is 7.11 Å². The fraction of sp³-hybridized carbons (Fsp3) is 0.133. The Kier molecular flexibility index (Phi) is 3.87. The highest BCUT2D eigenvalue weighted by molar-refractivity contribution is 7.99. The van der Waals surface area contributed by atoms with Gasteiger partial charge in [-0.15, -0.1) is 0 Å². The van der Waals surface area contributed by atoms with E-state index in [2.05, 4.69) is 50.6 Å². The van der Waals surface area contributed by atoms with Crippen molar-refractivity contribution in [2.24, 2.45) is 0 Å². The first-order chi connectivity index (χ1) is 10.3. The van der Waals surface area contributed by atoms with Crippen LogP contribution in [0.25, 0.3) is 10.8 Å². The van der Waals surface area contributed by atoms with Crippen LogP contribution in [-0.4, -0.2) is 29.1 Å². The largest absolute Gasteiger partial charge is 0.467 e. The van der Waals surface area contributed by atoms with E-state index in [9.17, 15) is 0 Å². The molecule has 5 nitrogen and oxygen atoms in total. The van der Waals surface area contributed by atoms with Crippen molar-refractivity contribution in [1.29, 1.82) is 0 Å². The van der Waals surface area contributed by atoms with Gasteiger partial charge in [0.25, 0.3) is 0 Å². The summed E-state index contributed by atoms with van der Waals surface area (Å²) in [5.74, 6) is 0.491. The van der Waals surface area contributed by atoms with Crippen LogP contribution in [0.2, 0.25) is 0 Å². The maximum absolute atomic E-state index is 5.09. The maximum Gasteiger partial charge on any atom is 0.321 e. The number of rotatable bonds is 4. The Morgan fingerprint density at radius 2 is 1.81 bits per heavy atom. The molecular formula is C15H14N4OS. The van der Waals surface area contributed by atoms with Crippen molar-refractivity contribution in [3.63, 3.8) is 0 Å². The van der Waals surface area contributed by atoms with Crippen LogP contribution in [0.5, 0.6) is 6.01 Å². The van der Waals surface area contributed by atoms with Crippen LogP contribution < -0.4 is 10.1 Å². The van der Waals surface area contributed by atoms with Crippen LogP contribution in [0.4, 0.5) is 5.95 Å². The molecule has 21 heavy (non-hydrogen) atoms. The van der Waals surface area contributed by atoms with E-state index >= 15 is 0 Å². The number of hydrogen-bond donors (Lipinski definition) is 1. The molecule has 0 bridgehead atoms. The topological polar surface area (TPSA) is 59.9 Å². The van der Waals surface area contributed by atoms with Gasteiger partial charge in [-0.25, -0.2) is 0 Å². The van der Waals surface area contributed by atoms with E-state index in [4.69, 9.17) is 4.74 Å². The molecule has 0 aliphatic carbocycles. The fourth-order valence-corrected chi connectivity index (χ4v) is 2.71. The lowest BCUT2D eigenvalue weighted by molar-refractivity contribution is 0.374. The zero-order chi connectivity index (χ0) is 14.7. The van der Waals surface area contributed by atoms with Gasteiger partial charge in [0, 0.05) is 11.9 Å². The predicted octanol–water partition coefficient (Wildman–Crippen LogP) is 3.23. The van der Waals surface area contributed by atoms with Crippen LogP contribution in [0.3, 0.4) is 0 Å². The molecule has 1 heterocycles. The van der Waals surface area contributed by atoms with E-state index in [1.807, 2.05) is 12.1 Å². The molecule has 106 valence electrons. The molecule has 1 N–H and O–H groups in total. The molecule has 0 fully saturated rings. The van der Waals surface area contributed by atoms with Crippen LogP contribution in [0, 0.1) is 0 Å². The van der Waals surface area contributed by atoms with Crippen molar-refractivity contribution in [2.45, 2.75) is 10.1 Å². The summed E-state index contributed by atoms with van der Waals surface area (Å²) in [5, 5.41) is 5.91. The molecule has 0 amide bonds. The Morgan fingerprint density at radius 3 is 2.57 bits per heavy atom. The zero-order valence-electron chi connectivity index (χ0n) is 11.7. The number of benzene rings is 2. The monoisotopic (exact) mass is 298 g/mol. The summed E-state index contributed by atoms with van der Waals surface area (Å²) in [6.45, 7) is 0. The number of nitrogens with one attached hydrogen (secondary N) is 1. The molecule has 0 unspecified atom stereocenters. The number of nitrogens with zero attached hydrogens (tertiary/aromatic N) is 3. The molecule has 3 rings (SSSR count). The molecule has 0 radical (unpaired) electrons. The molecule has 0 aliphatic heterocycles. The van der Waals surface area contributed by atoms with Crippen molar-refractivity contribution >= 4 is 28.5 Å². The Morgan fingerprint density at radius 1 is 1.00 bits per heavy atom. The summed E-state index contributed by atoms with van der Waals surface area (Å²) in [6.07, 6.45) is 0. The molecule has 0 spiro atoms. The second-order valence-electron chi connectivity index (χ2n) is 4.29. The van der Waals surface area contributed by atoms with Gasteiger partial charge in [0.2, 0.25) is 11.1 Å². The summed E-state index contributed by atoms with van der Waals surface area (Å²) in [4.78, 5) is 13.7. The lowest BCUT2D eigenvalue weighted by Gasteiger charge is -2.06. The molecule has 0 saturated carbocycles. The number of ether oxygens (including phenoxy) is 1. The Labute approximate surface area is 126 Å². The summed E-state index contributed by atoms with van der Waals surface area (Å²) in [7, 11) is 3.30. The van der Waals surface area contributed by atoms with Crippen molar-refractivity contribution in [1.82, 2.24) is 15.0 Å². The molecule has 2 aromatic carbocycles. The predicted molar refractivity (Wildman–Crippen MR) is 84.0 cm³/mol. The van der Waals surface area contributed by atoms with E-state index in [1.54, 1.807) is 14.2 Å². The van der Waals surface area contributed by atoms with Gasteiger partial charge in [-0.2, -0.15) is 15.0 Å². The van der Waals surface area contributed by atoms with Gasteiger partial charge in [0.1, 0.15) is 0 Å². The number of anilines is 1. The number of aromatic nitrogens is 3. The van der Waals surface area contributed by atoms with Crippen molar-refractivity contribution in [3.05, 3.63) is 42.5 Å². The summed E-state index contributed by atoms with van der Waals surface area (Å²) in [6, 6.07) is 14.8. The molecule has 6 heteroatoms. The lowest BCUT2D eigenvalue weighted by Crippen LogP contribution is -2.02. The molecule has 0 aliphatic rings. The normalized spacial score (nSPS) is 10.6. The smallest absolute Gasteiger partial charge is 0.321 e. The first-order valence-corrected chi connectivity index (χ1v) is 7.24. The summed E-state index contributed by atoms with van der Waals surface area (Å²) >= 11 is 1.48. The van der Waals surface area contributed by atoms with Crippen molar-refractivity contribution < 1.29 is 4.74 Å². The lowest BCUT2D eigenvalue weighted by atomic mass is 10.1. The number of hydrogen-bond acceptors (Lipinski definition) is 6. The van der Waals surface area contributed by atoms with E-state index in [0.717, 1.165) is 4.90 Å². The third-order valence-electron chi connectivity index (χ3n) is 2.93. The third kappa shape index (κ3) is 3.05. The first-order valence-electron chi connectivity index (χ1n) is 6.43. The highest BCUT2D eigenvalue weighted by atomic mass is 32.2. The van der Waals surface area contributed by atoms with Crippen molar-refractivity contribution in [2.75, 3.05) is 19.5 Å². The Balaban J connectivity index is 1.94. The molecule has 0 saturated heterocycles. The Bertz CT molecular complexity index is 756. The van der Waals surface area contributed by atoms with E-state index in [0.29, 0.717) is 17.1 Å². The standard InChI is InChI=1S/C15H14N4OS/c1-16-13-17-14(20-2)19-15(18-13)21-12-8-7-10-5-3-4-6-11(10)9-12/h3-9H,1-2H3,(H,16,17,18,19). The van der Waals surface area contributed by atoms with Gasteiger partial charge in [-0.05, 0) is 34.7 Å². The number of fused-ring (bicyclic) bond motifs is 1. The quantitative estimate of drug-likeness (QED) is 0.798. The maximum atomic E-state index is 5.09. The second kappa shape index (κ2) is 5.97. The minimum absolute atomic E-state index is 0.303. The van der Waals surface area contributed by atoms with Crippen LogP contribution >= 0.6 is 11.8 Å². The minimum Gasteiger partial charge on any atom is -0.467 e. The first kappa shape index (κ1) is 13.6. The fourth-order valence-electron chi connectivity index (χ4n) is 1.92. The van der Waals surface area contributed by atoms with Crippen molar-refractivity contribution in [3.8, 4) is 6.01 Å². The van der Waals surface area contributed by atoms with Crippen LogP contribution in [0.15, 0.2) is 52.5 Å². The minimum atomic E-state index is 0.303. The highest BCUT2D eigenvalue weighted by Gasteiger charge is 2.08. The van der Waals surface area contributed by atoms with Gasteiger partial charge < -0.3 is 10.1 Å².